The lowest BCUT2D eigenvalue weighted by Gasteiger charge is -2.46. The highest BCUT2D eigenvalue weighted by atomic mass is 79.9. The minimum absolute atomic E-state index is 0. The zero-order valence-electron chi connectivity index (χ0n) is 16.8. The van der Waals surface area contributed by atoms with Crippen molar-refractivity contribution in [3.63, 3.8) is 0 Å². The first kappa shape index (κ1) is 22.1. The summed E-state index contributed by atoms with van der Waals surface area (Å²) >= 11 is 3.46. The molecule has 0 saturated carbocycles. The highest BCUT2D eigenvalue weighted by Gasteiger charge is 2.32. The fourth-order valence-corrected chi connectivity index (χ4v) is 4.30. The number of piperazine rings is 1. The molecule has 1 N–H and O–H groups in total. The number of anilines is 3. The quantitative estimate of drug-likeness (QED) is 0.708. The fourth-order valence-electron chi connectivity index (χ4n) is 3.83. The highest BCUT2D eigenvalue weighted by molar-refractivity contribution is 9.10. The van der Waals surface area contributed by atoms with E-state index >= 15 is 0 Å². The van der Waals surface area contributed by atoms with Crippen molar-refractivity contribution in [2.45, 2.75) is 32.5 Å². The van der Waals surface area contributed by atoms with Gasteiger partial charge in [-0.15, -0.1) is 0 Å². The third kappa shape index (κ3) is 4.79. The number of hydrogen-bond acceptors (Lipinski definition) is 6. The average molecular weight is 482 g/mol. The Kier molecular flexibility index (Phi) is 7.26. The minimum Gasteiger partial charge on any atom is -0.378 e. The summed E-state index contributed by atoms with van der Waals surface area (Å²) in [6.45, 7) is 9.63. The highest BCUT2D eigenvalue weighted by Crippen LogP contribution is 2.24. The summed E-state index contributed by atoms with van der Waals surface area (Å²) in [6.07, 6.45) is 3.68. The van der Waals surface area contributed by atoms with Crippen LogP contribution in [0.15, 0.2) is 39.9 Å². The van der Waals surface area contributed by atoms with Gasteiger partial charge in [-0.25, -0.2) is 4.98 Å². The molecule has 2 aliphatic rings. The second kappa shape index (κ2) is 9.51. The summed E-state index contributed by atoms with van der Waals surface area (Å²) in [5.74, 6) is 0.666. The molecule has 2 aromatic heterocycles. The van der Waals surface area contributed by atoms with Crippen LogP contribution in [-0.2, 0) is 11.3 Å². The fraction of sp³-hybridized carbons (Fsp3) is 0.500. The van der Waals surface area contributed by atoms with Gasteiger partial charge in [-0.2, -0.15) is 13.5 Å². The van der Waals surface area contributed by atoms with Gasteiger partial charge < -0.3 is 19.5 Å². The summed E-state index contributed by atoms with van der Waals surface area (Å²) in [7, 11) is 0. The van der Waals surface area contributed by atoms with E-state index in [9.17, 15) is 4.79 Å². The molecule has 158 valence electrons. The Labute approximate surface area is 186 Å². The Morgan fingerprint density at radius 3 is 2.69 bits per heavy atom. The molecule has 29 heavy (non-hydrogen) atoms. The summed E-state index contributed by atoms with van der Waals surface area (Å²) in [4.78, 5) is 21.9. The molecule has 2 aromatic rings. The predicted molar refractivity (Wildman–Crippen MR) is 125 cm³/mol. The lowest BCUT2D eigenvalue weighted by molar-refractivity contribution is -0.0691. The molecule has 0 aromatic carbocycles. The van der Waals surface area contributed by atoms with Crippen LogP contribution in [0.25, 0.3) is 0 Å². The van der Waals surface area contributed by atoms with Crippen molar-refractivity contribution in [3.8, 4) is 0 Å². The van der Waals surface area contributed by atoms with E-state index in [1.54, 1.807) is 16.8 Å². The van der Waals surface area contributed by atoms with Crippen LogP contribution in [0.1, 0.15) is 13.8 Å². The molecular formula is C20H28BrN5O2S. The standard InChI is InChI=1S/C20H26BrN5O2.H2S/c1-3-24-11-15(21)8-18(20(24)27)23-19-5-4-16(9-22-19)26-7-6-25(10-14(26)2)17-12-28-13-17;/h4-5,8-9,11,14,17H,3,6-7,10,12-13H2,1-2H3,(H,22,23);1H2/t14-;/m0./s1. The van der Waals surface area contributed by atoms with Gasteiger partial charge in [0.05, 0.1) is 31.1 Å². The molecule has 0 amide bonds. The third-order valence-corrected chi connectivity index (χ3v) is 5.97. The van der Waals surface area contributed by atoms with Gasteiger partial charge in [-0.1, -0.05) is 0 Å². The lowest BCUT2D eigenvalue weighted by atomic mass is 10.1. The molecule has 0 bridgehead atoms. The molecule has 1 atom stereocenters. The Hall–Kier alpha value is -1.55. The van der Waals surface area contributed by atoms with Gasteiger partial charge in [-0.05, 0) is 48.0 Å². The molecule has 2 saturated heterocycles. The molecule has 9 heteroatoms. The average Bonchev–Trinajstić information content (AvgIpc) is 2.64. The Morgan fingerprint density at radius 2 is 2.10 bits per heavy atom. The summed E-state index contributed by atoms with van der Waals surface area (Å²) in [5.41, 5.74) is 1.57. The number of nitrogens with zero attached hydrogens (tertiary/aromatic N) is 4. The Morgan fingerprint density at radius 1 is 1.31 bits per heavy atom. The number of nitrogens with one attached hydrogen (secondary N) is 1. The van der Waals surface area contributed by atoms with Gasteiger partial charge in [0.25, 0.3) is 5.56 Å². The molecule has 7 nitrogen and oxygen atoms in total. The molecule has 0 unspecified atom stereocenters. The second-order valence-electron chi connectivity index (χ2n) is 7.42. The maximum atomic E-state index is 12.5. The Bertz CT molecular complexity index is 887. The van der Waals surface area contributed by atoms with Gasteiger partial charge in [0.2, 0.25) is 0 Å². The second-order valence-corrected chi connectivity index (χ2v) is 8.33. The number of aryl methyl sites for hydroxylation is 1. The van der Waals surface area contributed by atoms with E-state index in [1.807, 2.05) is 19.2 Å². The number of rotatable bonds is 5. The van der Waals surface area contributed by atoms with Crippen LogP contribution >= 0.6 is 29.4 Å². The van der Waals surface area contributed by atoms with Crippen LogP contribution < -0.4 is 15.8 Å². The minimum atomic E-state index is -0.0544. The first-order valence-corrected chi connectivity index (χ1v) is 10.6. The zero-order chi connectivity index (χ0) is 19.7. The van der Waals surface area contributed by atoms with E-state index in [4.69, 9.17) is 4.74 Å². The van der Waals surface area contributed by atoms with Crippen molar-refractivity contribution in [2.75, 3.05) is 43.1 Å². The van der Waals surface area contributed by atoms with Gasteiger partial charge in [0, 0.05) is 42.9 Å². The van der Waals surface area contributed by atoms with Crippen LogP contribution in [0.4, 0.5) is 17.2 Å². The zero-order valence-corrected chi connectivity index (χ0v) is 19.4. The van der Waals surface area contributed by atoms with E-state index in [0.29, 0.717) is 30.1 Å². The molecular weight excluding hydrogens is 454 g/mol. The molecule has 4 rings (SSSR count). The topological polar surface area (TPSA) is 62.6 Å². The lowest BCUT2D eigenvalue weighted by Crippen LogP contribution is -2.59. The predicted octanol–water partition coefficient (Wildman–Crippen LogP) is 2.79. The number of hydrogen-bond donors (Lipinski definition) is 1. The maximum absolute atomic E-state index is 12.5. The van der Waals surface area contributed by atoms with Crippen molar-refractivity contribution in [1.29, 1.82) is 0 Å². The van der Waals surface area contributed by atoms with Crippen molar-refractivity contribution in [3.05, 3.63) is 45.4 Å². The van der Waals surface area contributed by atoms with Crippen LogP contribution in [0.2, 0.25) is 0 Å². The van der Waals surface area contributed by atoms with Gasteiger partial charge in [-0.3, -0.25) is 9.69 Å². The third-order valence-electron chi connectivity index (χ3n) is 5.53. The number of aromatic nitrogens is 2. The van der Waals surface area contributed by atoms with Gasteiger partial charge in [0.15, 0.2) is 0 Å². The molecule has 0 spiro atoms. The van der Waals surface area contributed by atoms with Gasteiger partial charge in [0.1, 0.15) is 11.5 Å². The van der Waals surface area contributed by atoms with Crippen LogP contribution in [0.5, 0.6) is 0 Å². The van der Waals surface area contributed by atoms with Crippen molar-refractivity contribution in [2.24, 2.45) is 0 Å². The molecule has 0 radical (unpaired) electrons. The van der Waals surface area contributed by atoms with Crippen molar-refractivity contribution < 1.29 is 4.74 Å². The van der Waals surface area contributed by atoms with Crippen molar-refractivity contribution >= 4 is 46.6 Å². The summed E-state index contributed by atoms with van der Waals surface area (Å²) in [5, 5.41) is 3.15. The van der Waals surface area contributed by atoms with Crippen molar-refractivity contribution in [1.82, 2.24) is 14.5 Å². The van der Waals surface area contributed by atoms with Crippen LogP contribution in [0.3, 0.4) is 0 Å². The summed E-state index contributed by atoms with van der Waals surface area (Å²) in [6, 6.07) is 6.81. The largest absolute Gasteiger partial charge is 0.378 e. The van der Waals surface area contributed by atoms with E-state index in [1.165, 1.54) is 0 Å². The molecule has 0 aliphatic carbocycles. The molecule has 2 aliphatic heterocycles. The number of halogens is 1. The molecule has 2 fully saturated rings. The smallest absolute Gasteiger partial charge is 0.274 e. The SMILES string of the molecule is CCn1cc(Br)cc(Nc2ccc(N3CCN(C4COC4)C[C@@H]3C)cn2)c1=O.S. The first-order valence-electron chi connectivity index (χ1n) is 9.76. The first-order chi connectivity index (χ1) is 13.5. The Balaban J connectivity index is 0.00000240. The maximum Gasteiger partial charge on any atom is 0.274 e. The van der Waals surface area contributed by atoms with Crippen LogP contribution in [0, 0.1) is 0 Å². The normalized spacial score (nSPS) is 20.1. The van der Waals surface area contributed by atoms with E-state index in [-0.39, 0.29) is 19.1 Å². The van der Waals surface area contributed by atoms with E-state index in [2.05, 4.69) is 49.0 Å². The van der Waals surface area contributed by atoms with E-state index < -0.39 is 0 Å². The molecule has 4 heterocycles. The number of ether oxygens (including phenoxy) is 1. The summed E-state index contributed by atoms with van der Waals surface area (Å²) < 4.78 is 7.85. The van der Waals surface area contributed by atoms with E-state index in [0.717, 1.165) is 43.0 Å². The number of pyridine rings is 2. The van der Waals surface area contributed by atoms with Crippen LogP contribution in [-0.4, -0.2) is 59.4 Å². The van der Waals surface area contributed by atoms with Gasteiger partial charge >= 0.3 is 0 Å². The monoisotopic (exact) mass is 481 g/mol.